The van der Waals surface area contributed by atoms with Crippen molar-refractivity contribution in [2.24, 2.45) is 0 Å². The van der Waals surface area contributed by atoms with Crippen molar-refractivity contribution < 1.29 is 13.6 Å². The lowest BCUT2D eigenvalue weighted by molar-refractivity contribution is 0.0934. The summed E-state index contributed by atoms with van der Waals surface area (Å²) >= 11 is 6.04. The Balaban J connectivity index is 2.16. The highest BCUT2D eigenvalue weighted by Gasteiger charge is 2.27. The Kier molecular flexibility index (Phi) is 3.85. The van der Waals surface area contributed by atoms with Crippen molar-refractivity contribution in [3.63, 3.8) is 0 Å². The first-order valence-electron chi connectivity index (χ1n) is 5.89. The zero-order chi connectivity index (χ0) is 13.3. The number of nitrogens with one attached hydrogen (secondary N) is 1. The SMILES string of the molecule is Cc1cc(C(=O)NC2CCCC2Cl)c(F)cc1F. The van der Waals surface area contributed by atoms with Gasteiger partial charge in [-0.05, 0) is 37.8 Å². The van der Waals surface area contributed by atoms with Crippen LogP contribution in [0, 0.1) is 18.6 Å². The normalized spacial score (nSPS) is 23.1. The minimum absolute atomic E-state index is 0.112. The van der Waals surface area contributed by atoms with E-state index in [1.807, 2.05) is 0 Å². The Bertz CT molecular complexity index is 478. The molecule has 1 fully saturated rings. The third-order valence-corrected chi connectivity index (χ3v) is 3.76. The van der Waals surface area contributed by atoms with E-state index in [1.54, 1.807) is 0 Å². The summed E-state index contributed by atoms with van der Waals surface area (Å²) in [6.45, 7) is 1.49. The summed E-state index contributed by atoms with van der Waals surface area (Å²) in [6.07, 6.45) is 2.59. The second kappa shape index (κ2) is 5.22. The van der Waals surface area contributed by atoms with Crippen molar-refractivity contribution in [3.05, 3.63) is 34.9 Å². The monoisotopic (exact) mass is 273 g/mol. The van der Waals surface area contributed by atoms with E-state index in [4.69, 9.17) is 11.6 Å². The number of carbonyl (C=O) groups excluding carboxylic acids is 1. The number of aryl methyl sites for hydroxylation is 1. The number of amides is 1. The lowest BCUT2D eigenvalue weighted by atomic mass is 10.1. The van der Waals surface area contributed by atoms with Crippen LogP contribution in [0.25, 0.3) is 0 Å². The molecule has 2 unspecified atom stereocenters. The fourth-order valence-electron chi connectivity index (χ4n) is 2.15. The zero-order valence-corrected chi connectivity index (χ0v) is 10.7. The van der Waals surface area contributed by atoms with Gasteiger partial charge in [0.1, 0.15) is 11.6 Å². The number of hydrogen-bond acceptors (Lipinski definition) is 1. The van der Waals surface area contributed by atoms with Crippen molar-refractivity contribution in [1.82, 2.24) is 5.32 Å². The molecule has 0 bridgehead atoms. The van der Waals surface area contributed by atoms with Gasteiger partial charge in [-0.25, -0.2) is 8.78 Å². The number of carbonyl (C=O) groups is 1. The first-order valence-corrected chi connectivity index (χ1v) is 6.33. The highest BCUT2D eigenvalue weighted by Crippen LogP contribution is 2.24. The maximum atomic E-state index is 13.5. The van der Waals surface area contributed by atoms with Crippen LogP contribution >= 0.6 is 11.6 Å². The second-order valence-electron chi connectivity index (χ2n) is 4.61. The van der Waals surface area contributed by atoms with Crippen molar-refractivity contribution in [3.8, 4) is 0 Å². The van der Waals surface area contributed by atoms with Gasteiger partial charge in [0.05, 0.1) is 10.9 Å². The van der Waals surface area contributed by atoms with E-state index in [1.165, 1.54) is 13.0 Å². The van der Waals surface area contributed by atoms with Gasteiger partial charge in [0, 0.05) is 12.1 Å². The average molecular weight is 274 g/mol. The van der Waals surface area contributed by atoms with Crippen LogP contribution in [0.1, 0.15) is 35.2 Å². The van der Waals surface area contributed by atoms with Gasteiger partial charge in [0.15, 0.2) is 0 Å². The molecule has 18 heavy (non-hydrogen) atoms. The van der Waals surface area contributed by atoms with Gasteiger partial charge in [-0.2, -0.15) is 0 Å². The number of alkyl halides is 1. The van der Waals surface area contributed by atoms with E-state index in [0.29, 0.717) is 0 Å². The average Bonchev–Trinajstić information content (AvgIpc) is 2.69. The maximum absolute atomic E-state index is 13.5. The Morgan fingerprint density at radius 1 is 1.33 bits per heavy atom. The molecule has 1 amide bonds. The summed E-state index contributed by atoms with van der Waals surface area (Å²) in [5.41, 5.74) is 0.111. The molecular weight excluding hydrogens is 260 g/mol. The van der Waals surface area contributed by atoms with Gasteiger partial charge < -0.3 is 5.32 Å². The number of halogens is 3. The predicted octanol–water partition coefficient (Wildman–Crippen LogP) is 3.16. The standard InChI is InChI=1S/C13H14ClF2NO/c1-7-5-8(11(16)6-10(7)15)13(18)17-12-4-2-3-9(12)14/h5-6,9,12H,2-4H2,1H3,(H,17,18). The Labute approximate surface area is 109 Å². The van der Waals surface area contributed by atoms with Crippen LogP contribution in [0.15, 0.2) is 12.1 Å². The molecule has 1 N–H and O–H groups in total. The van der Waals surface area contributed by atoms with E-state index in [2.05, 4.69) is 5.32 Å². The van der Waals surface area contributed by atoms with E-state index in [-0.39, 0.29) is 22.5 Å². The van der Waals surface area contributed by atoms with Crippen LogP contribution in [-0.4, -0.2) is 17.3 Å². The summed E-state index contributed by atoms with van der Waals surface area (Å²) < 4.78 is 26.6. The molecular formula is C13H14ClF2NO. The van der Waals surface area contributed by atoms with Crippen LogP contribution in [0.5, 0.6) is 0 Å². The smallest absolute Gasteiger partial charge is 0.254 e. The van der Waals surface area contributed by atoms with Crippen molar-refractivity contribution in [2.45, 2.75) is 37.6 Å². The lowest BCUT2D eigenvalue weighted by Gasteiger charge is -2.16. The van der Waals surface area contributed by atoms with Gasteiger partial charge in [0.2, 0.25) is 0 Å². The number of hydrogen-bond donors (Lipinski definition) is 1. The fraction of sp³-hybridized carbons (Fsp3) is 0.462. The largest absolute Gasteiger partial charge is 0.348 e. The van der Waals surface area contributed by atoms with E-state index < -0.39 is 17.5 Å². The van der Waals surface area contributed by atoms with E-state index >= 15 is 0 Å². The molecule has 5 heteroatoms. The minimum atomic E-state index is -0.847. The lowest BCUT2D eigenvalue weighted by Crippen LogP contribution is -2.38. The fourth-order valence-corrected chi connectivity index (χ4v) is 2.50. The van der Waals surface area contributed by atoms with Crippen LogP contribution < -0.4 is 5.32 Å². The first-order chi connectivity index (χ1) is 8.49. The third kappa shape index (κ3) is 2.64. The molecule has 98 valence electrons. The van der Waals surface area contributed by atoms with Crippen LogP contribution in [0.3, 0.4) is 0 Å². The first kappa shape index (κ1) is 13.3. The summed E-state index contributed by atoms with van der Waals surface area (Å²) in [5.74, 6) is -2.03. The molecule has 0 heterocycles. The van der Waals surface area contributed by atoms with Crippen LogP contribution in [0.4, 0.5) is 8.78 Å². The molecule has 1 aliphatic rings. The molecule has 0 radical (unpaired) electrons. The molecule has 0 spiro atoms. The molecule has 1 saturated carbocycles. The third-order valence-electron chi connectivity index (χ3n) is 3.24. The van der Waals surface area contributed by atoms with Crippen molar-refractivity contribution in [2.75, 3.05) is 0 Å². The van der Waals surface area contributed by atoms with Crippen LogP contribution in [-0.2, 0) is 0 Å². The van der Waals surface area contributed by atoms with Gasteiger partial charge >= 0.3 is 0 Å². The summed E-state index contributed by atoms with van der Waals surface area (Å²) in [6, 6.07) is 1.82. The molecule has 1 aromatic carbocycles. The van der Waals surface area contributed by atoms with Gasteiger partial charge in [-0.1, -0.05) is 0 Å². The van der Waals surface area contributed by atoms with Gasteiger partial charge in [0.25, 0.3) is 5.91 Å². The second-order valence-corrected chi connectivity index (χ2v) is 5.17. The molecule has 2 atom stereocenters. The van der Waals surface area contributed by atoms with E-state index in [9.17, 15) is 13.6 Å². The topological polar surface area (TPSA) is 29.1 Å². The van der Waals surface area contributed by atoms with Gasteiger partial charge in [-0.15, -0.1) is 11.6 Å². The minimum Gasteiger partial charge on any atom is -0.348 e. The van der Waals surface area contributed by atoms with Crippen molar-refractivity contribution >= 4 is 17.5 Å². The maximum Gasteiger partial charge on any atom is 0.254 e. The number of benzene rings is 1. The Morgan fingerprint density at radius 3 is 2.67 bits per heavy atom. The van der Waals surface area contributed by atoms with Crippen molar-refractivity contribution in [1.29, 1.82) is 0 Å². The highest BCUT2D eigenvalue weighted by molar-refractivity contribution is 6.21. The summed E-state index contributed by atoms with van der Waals surface area (Å²) in [4.78, 5) is 11.9. The quantitative estimate of drug-likeness (QED) is 0.824. The summed E-state index contributed by atoms with van der Waals surface area (Å²) in [5, 5.41) is 2.59. The molecule has 2 rings (SSSR count). The van der Waals surface area contributed by atoms with E-state index in [0.717, 1.165) is 25.3 Å². The molecule has 0 aromatic heterocycles. The predicted molar refractivity (Wildman–Crippen MR) is 65.8 cm³/mol. The van der Waals surface area contributed by atoms with Gasteiger partial charge in [-0.3, -0.25) is 4.79 Å². The molecule has 1 aromatic rings. The van der Waals surface area contributed by atoms with Crippen LogP contribution in [0.2, 0.25) is 0 Å². The number of rotatable bonds is 2. The molecule has 2 nitrogen and oxygen atoms in total. The Morgan fingerprint density at radius 2 is 2.06 bits per heavy atom. The molecule has 0 aliphatic heterocycles. The Hall–Kier alpha value is -1.16. The molecule has 0 saturated heterocycles. The zero-order valence-electron chi connectivity index (χ0n) is 9.97. The highest BCUT2D eigenvalue weighted by atomic mass is 35.5. The molecule has 1 aliphatic carbocycles. The summed E-state index contributed by atoms with van der Waals surface area (Å²) in [7, 11) is 0.